The lowest BCUT2D eigenvalue weighted by Gasteiger charge is -2.27. The van der Waals surface area contributed by atoms with Crippen molar-refractivity contribution in [2.45, 2.75) is 13.0 Å². The first-order valence-electron chi connectivity index (χ1n) is 8.59. The summed E-state index contributed by atoms with van der Waals surface area (Å²) in [7, 11) is 0. The Hall–Kier alpha value is -2.22. The number of carbonyl (C=O) groups is 1. The largest absolute Gasteiger partial charge is 0.328 e. The Kier molecular flexibility index (Phi) is 4.99. The standard InChI is InChI=1S/C19H17ClFN3O2S/c20-14-8-12(2-3-15(14)21)13-10-27-16-4-7-23(19(26)18(13)16)9-17(25)24-6-1-5-22-11-24/h2-4,7-8,10,22H,1,5-6,9,11H2. The Morgan fingerprint density at radius 3 is 2.93 bits per heavy atom. The number of fused-ring (bicyclic) bond motifs is 1. The number of nitrogens with zero attached hydrogens (tertiary/aromatic N) is 2. The number of rotatable bonds is 3. The van der Waals surface area contributed by atoms with Gasteiger partial charge >= 0.3 is 0 Å². The van der Waals surface area contributed by atoms with Gasteiger partial charge in [-0.2, -0.15) is 0 Å². The number of hydrogen-bond acceptors (Lipinski definition) is 4. The Labute approximate surface area is 164 Å². The molecule has 1 aliphatic rings. The minimum atomic E-state index is -0.502. The highest BCUT2D eigenvalue weighted by Crippen LogP contribution is 2.33. The number of benzene rings is 1. The van der Waals surface area contributed by atoms with Crippen LogP contribution in [0.1, 0.15) is 6.42 Å². The summed E-state index contributed by atoms with van der Waals surface area (Å²) in [5.41, 5.74) is 1.14. The molecule has 140 valence electrons. The highest BCUT2D eigenvalue weighted by atomic mass is 35.5. The fraction of sp³-hybridized carbons (Fsp3) is 0.263. The van der Waals surface area contributed by atoms with Crippen molar-refractivity contribution in [2.75, 3.05) is 19.8 Å². The summed E-state index contributed by atoms with van der Waals surface area (Å²) in [5, 5.41) is 5.55. The maximum Gasteiger partial charge on any atom is 0.260 e. The van der Waals surface area contributed by atoms with Crippen LogP contribution < -0.4 is 10.9 Å². The molecule has 0 bridgehead atoms. The molecule has 4 rings (SSSR count). The number of aromatic nitrogens is 1. The van der Waals surface area contributed by atoms with Crippen LogP contribution in [0, 0.1) is 5.82 Å². The van der Waals surface area contributed by atoms with Crippen LogP contribution in [0.4, 0.5) is 4.39 Å². The smallest absolute Gasteiger partial charge is 0.260 e. The molecule has 1 aliphatic heterocycles. The summed E-state index contributed by atoms with van der Waals surface area (Å²) in [6.45, 7) is 2.10. The second kappa shape index (κ2) is 7.42. The van der Waals surface area contributed by atoms with E-state index in [9.17, 15) is 14.0 Å². The van der Waals surface area contributed by atoms with Gasteiger partial charge in [0.1, 0.15) is 12.4 Å². The summed E-state index contributed by atoms with van der Waals surface area (Å²) in [4.78, 5) is 27.2. The molecule has 5 nitrogen and oxygen atoms in total. The zero-order valence-corrected chi connectivity index (χ0v) is 15.9. The van der Waals surface area contributed by atoms with Crippen molar-refractivity contribution >= 4 is 38.9 Å². The third-order valence-electron chi connectivity index (χ3n) is 4.67. The average Bonchev–Trinajstić information content (AvgIpc) is 3.12. The third-order valence-corrected chi connectivity index (χ3v) is 5.91. The molecule has 27 heavy (non-hydrogen) atoms. The molecule has 8 heteroatoms. The van der Waals surface area contributed by atoms with Gasteiger partial charge in [-0.15, -0.1) is 11.3 Å². The molecule has 0 atom stereocenters. The molecule has 1 aromatic carbocycles. The van der Waals surface area contributed by atoms with Crippen LogP contribution in [0.15, 0.2) is 40.6 Å². The Morgan fingerprint density at radius 2 is 2.19 bits per heavy atom. The summed E-state index contributed by atoms with van der Waals surface area (Å²) in [6.07, 6.45) is 2.55. The first-order valence-corrected chi connectivity index (χ1v) is 9.85. The maximum absolute atomic E-state index is 13.5. The lowest BCUT2D eigenvalue weighted by Crippen LogP contribution is -2.46. The second-order valence-corrected chi connectivity index (χ2v) is 7.75. The van der Waals surface area contributed by atoms with Crippen molar-refractivity contribution in [3.8, 4) is 11.1 Å². The molecule has 1 fully saturated rings. The minimum Gasteiger partial charge on any atom is -0.328 e. The van der Waals surface area contributed by atoms with Crippen molar-refractivity contribution in [2.24, 2.45) is 0 Å². The molecule has 3 heterocycles. The fourth-order valence-electron chi connectivity index (χ4n) is 3.23. The number of nitrogens with one attached hydrogen (secondary N) is 1. The number of halogens is 2. The molecule has 0 spiro atoms. The molecular formula is C19H17ClFN3O2S. The van der Waals surface area contributed by atoms with Crippen molar-refractivity contribution in [3.63, 3.8) is 0 Å². The fourth-order valence-corrected chi connectivity index (χ4v) is 4.37. The van der Waals surface area contributed by atoms with Gasteiger partial charge in [-0.25, -0.2) is 4.39 Å². The zero-order valence-electron chi connectivity index (χ0n) is 14.4. The van der Waals surface area contributed by atoms with Crippen molar-refractivity contribution < 1.29 is 9.18 Å². The van der Waals surface area contributed by atoms with E-state index in [0.29, 0.717) is 29.7 Å². The van der Waals surface area contributed by atoms with Gasteiger partial charge in [0, 0.05) is 28.4 Å². The van der Waals surface area contributed by atoms with E-state index in [4.69, 9.17) is 11.6 Å². The molecule has 1 saturated heterocycles. The summed E-state index contributed by atoms with van der Waals surface area (Å²) < 4.78 is 15.7. The van der Waals surface area contributed by atoms with Crippen molar-refractivity contribution in [1.82, 2.24) is 14.8 Å². The predicted molar refractivity (Wildman–Crippen MR) is 106 cm³/mol. The van der Waals surface area contributed by atoms with Crippen LogP contribution >= 0.6 is 22.9 Å². The third kappa shape index (κ3) is 3.50. The summed E-state index contributed by atoms with van der Waals surface area (Å²) in [6, 6.07) is 6.23. The van der Waals surface area contributed by atoms with Crippen molar-refractivity contribution in [3.05, 3.63) is 57.0 Å². The lowest BCUT2D eigenvalue weighted by atomic mass is 10.1. The van der Waals surface area contributed by atoms with Gasteiger partial charge in [-0.05, 0) is 36.7 Å². The van der Waals surface area contributed by atoms with E-state index in [-0.39, 0.29) is 23.0 Å². The Morgan fingerprint density at radius 1 is 1.33 bits per heavy atom. The van der Waals surface area contributed by atoms with E-state index >= 15 is 0 Å². The number of hydrogen-bond donors (Lipinski definition) is 1. The van der Waals surface area contributed by atoms with Crippen LogP contribution in [0.5, 0.6) is 0 Å². The number of carbonyl (C=O) groups excluding carboxylic acids is 1. The van der Waals surface area contributed by atoms with Gasteiger partial charge in [0.2, 0.25) is 5.91 Å². The molecule has 0 unspecified atom stereocenters. The van der Waals surface area contributed by atoms with Gasteiger partial charge in [-0.1, -0.05) is 17.7 Å². The average molecular weight is 406 g/mol. The molecule has 0 aliphatic carbocycles. The minimum absolute atomic E-state index is 0.00405. The SMILES string of the molecule is O=C(Cn1ccc2scc(-c3ccc(F)c(Cl)c3)c2c1=O)N1CCCNC1. The first-order chi connectivity index (χ1) is 13.0. The van der Waals surface area contributed by atoms with Gasteiger partial charge in [-0.3, -0.25) is 14.9 Å². The zero-order chi connectivity index (χ0) is 19.0. The molecule has 2 aromatic heterocycles. The van der Waals surface area contributed by atoms with E-state index in [1.807, 2.05) is 11.4 Å². The normalized spacial score (nSPS) is 14.7. The topological polar surface area (TPSA) is 54.3 Å². The Balaban J connectivity index is 1.71. The Bertz CT molecular complexity index is 1070. The van der Waals surface area contributed by atoms with Crippen LogP contribution in [0.25, 0.3) is 21.2 Å². The van der Waals surface area contributed by atoms with E-state index in [2.05, 4.69) is 5.32 Å². The second-order valence-electron chi connectivity index (χ2n) is 6.44. The van der Waals surface area contributed by atoms with E-state index in [0.717, 1.165) is 17.7 Å². The van der Waals surface area contributed by atoms with Gasteiger partial charge in [0.25, 0.3) is 5.56 Å². The van der Waals surface area contributed by atoms with Gasteiger partial charge in [0.05, 0.1) is 17.1 Å². The number of pyridine rings is 1. The molecular weight excluding hydrogens is 389 g/mol. The molecule has 1 amide bonds. The number of amides is 1. The van der Waals surface area contributed by atoms with E-state index in [1.165, 1.54) is 28.0 Å². The molecule has 3 aromatic rings. The van der Waals surface area contributed by atoms with Crippen LogP contribution in [-0.2, 0) is 11.3 Å². The van der Waals surface area contributed by atoms with Crippen LogP contribution in [0.2, 0.25) is 5.02 Å². The summed E-state index contributed by atoms with van der Waals surface area (Å²) in [5.74, 6) is -0.594. The number of thiophene rings is 1. The molecule has 0 radical (unpaired) electrons. The highest BCUT2D eigenvalue weighted by Gasteiger charge is 2.19. The van der Waals surface area contributed by atoms with Gasteiger partial charge < -0.3 is 9.47 Å². The highest BCUT2D eigenvalue weighted by molar-refractivity contribution is 7.17. The predicted octanol–water partition coefficient (Wildman–Crippen LogP) is 3.30. The molecule has 1 N–H and O–H groups in total. The van der Waals surface area contributed by atoms with E-state index < -0.39 is 5.82 Å². The quantitative estimate of drug-likeness (QED) is 0.727. The van der Waals surface area contributed by atoms with Crippen molar-refractivity contribution in [1.29, 1.82) is 0 Å². The lowest BCUT2D eigenvalue weighted by molar-refractivity contribution is -0.133. The maximum atomic E-state index is 13.5. The van der Waals surface area contributed by atoms with Crippen LogP contribution in [0.3, 0.4) is 0 Å². The monoisotopic (exact) mass is 405 g/mol. The summed E-state index contributed by atoms with van der Waals surface area (Å²) >= 11 is 7.33. The van der Waals surface area contributed by atoms with Crippen LogP contribution in [-0.4, -0.2) is 35.1 Å². The van der Waals surface area contributed by atoms with Gasteiger partial charge in [0.15, 0.2) is 0 Å². The molecule has 0 saturated carbocycles. The first kappa shape index (κ1) is 18.2. The van der Waals surface area contributed by atoms with E-state index in [1.54, 1.807) is 17.2 Å².